The molecule has 2 heterocycles. The minimum absolute atomic E-state index is 0.0200. The van der Waals surface area contributed by atoms with Crippen LogP contribution in [0.1, 0.15) is 42.0 Å². The lowest BCUT2D eigenvalue weighted by atomic mass is 9.94. The second-order valence-electron chi connectivity index (χ2n) is 11.9. The number of anilines is 1. The molecule has 1 atom stereocenters. The maximum Gasteiger partial charge on any atom is 0.306 e. The van der Waals surface area contributed by atoms with E-state index in [0.717, 1.165) is 59.3 Å². The second kappa shape index (κ2) is 13.9. The monoisotopic (exact) mass is 642 g/mol. The first kappa shape index (κ1) is 32.9. The maximum absolute atomic E-state index is 13.1. The third-order valence-electron chi connectivity index (χ3n) is 8.96. The zero-order valence-electron chi connectivity index (χ0n) is 26.6. The van der Waals surface area contributed by atoms with Crippen LogP contribution in [0.2, 0.25) is 5.02 Å². The van der Waals surface area contributed by atoms with E-state index in [1.807, 2.05) is 37.3 Å². The van der Waals surface area contributed by atoms with Crippen LogP contribution in [0.3, 0.4) is 0 Å². The number of amides is 2. The fourth-order valence-corrected chi connectivity index (χ4v) is 6.82. The summed E-state index contributed by atoms with van der Waals surface area (Å²) in [5.74, 6) is -1.39. The van der Waals surface area contributed by atoms with Crippen molar-refractivity contribution < 1.29 is 24.2 Å². The van der Waals surface area contributed by atoms with Gasteiger partial charge < -0.3 is 20.1 Å². The fourth-order valence-electron chi connectivity index (χ4n) is 6.49. The molecule has 0 saturated carbocycles. The van der Waals surface area contributed by atoms with E-state index in [1.165, 1.54) is 17.1 Å². The molecule has 240 valence electrons. The predicted octanol–water partition coefficient (Wildman–Crippen LogP) is 6.31. The lowest BCUT2D eigenvalue weighted by molar-refractivity contribution is -0.143. The van der Waals surface area contributed by atoms with E-state index in [-0.39, 0.29) is 17.5 Å². The Morgan fingerprint density at radius 2 is 1.76 bits per heavy atom. The molecule has 9 nitrogen and oxygen atoms in total. The molecule has 5 rings (SSSR count). The average molecular weight is 643 g/mol. The minimum Gasteiger partial charge on any atom is -0.481 e. The number of benzene rings is 2. The molecule has 1 unspecified atom stereocenters. The molecule has 2 N–H and O–H groups in total. The Balaban J connectivity index is 1.45. The number of ether oxygens (including phenoxy) is 1. The van der Waals surface area contributed by atoms with Crippen molar-refractivity contribution in [2.75, 3.05) is 39.6 Å². The largest absolute Gasteiger partial charge is 0.481 e. The topological polar surface area (TPSA) is 112 Å². The number of carboxylic acids is 1. The van der Waals surface area contributed by atoms with Gasteiger partial charge in [0.05, 0.1) is 23.7 Å². The number of carboxylic acid groups (broad SMARTS) is 1. The molecule has 3 aromatic rings. The number of carbonyl (C=O) groups excluding carboxylic acids is 2. The Morgan fingerprint density at radius 1 is 1.09 bits per heavy atom. The number of piperidine rings is 1. The molecule has 2 aliphatic rings. The molecule has 1 fully saturated rings. The first-order chi connectivity index (χ1) is 22.0. The molecule has 1 aromatic heterocycles. The Labute approximate surface area is 274 Å². The summed E-state index contributed by atoms with van der Waals surface area (Å²) in [7, 11) is 4.80. The van der Waals surface area contributed by atoms with Gasteiger partial charge >= 0.3 is 5.97 Å². The number of likely N-dealkylation sites (N-methyl/N-ethyl adjacent to an activating group) is 1. The van der Waals surface area contributed by atoms with Crippen LogP contribution in [0.15, 0.2) is 66.8 Å². The van der Waals surface area contributed by atoms with Crippen LogP contribution in [0.4, 0.5) is 5.69 Å². The standard InChI is InChI=1S/C36H39ClN4O5/c1-6-9-27(35(43)40(3)4)33(42)38-28-13-8-10-24(21(28)2)25-11-7-12-26(32(25)37)29-20-23-14-15-30(31(23)34(39-29)46-5)41-18-16-22(17-19-41)36(44)45/h6-13,20,22,30H,1,14-19H2,2-5H3,(H,38,42)(H,44,45)/b27-9-. The summed E-state index contributed by atoms with van der Waals surface area (Å²) in [6.45, 7) is 7.00. The van der Waals surface area contributed by atoms with Crippen molar-refractivity contribution in [3.8, 4) is 28.3 Å². The van der Waals surface area contributed by atoms with Gasteiger partial charge in [-0.2, -0.15) is 0 Å². The zero-order valence-corrected chi connectivity index (χ0v) is 27.4. The van der Waals surface area contributed by atoms with Crippen molar-refractivity contribution in [2.24, 2.45) is 5.92 Å². The third kappa shape index (κ3) is 6.43. The number of carbonyl (C=O) groups is 3. The minimum atomic E-state index is -0.715. The highest BCUT2D eigenvalue weighted by Crippen LogP contribution is 2.45. The van der Waals surface area contributed by atoms with Gasteiger partial charge in [-0.05, 0) is 80.6 Å². The molecule has 2 aromatic carbocycles. The SMILES string of the molecule is C=C/C=C(/C(=O)Nc1cccc(-c2cccc(-c3cc4c(c(OC)n3)C(N3CCC(C(=O)O)CC3)CC4)c2Cl)c1C)C(=O)N(C)C. The smallest absolute Gasteiger partial charge is 0.306 e. The number of halogens is 1. The van der Waals surface area contributed by atoms with Gasteiger partial charge in [0.25, 0.3) is 11.8 Å². The number of hydrogen-bond acceptors (Lipinski definition) is 6. The molecule has 46 heavy (non-hydrogen) atoms. The number of nitrogens with zero attached hydrogens (tertiary/aromatic N) is 3. The molecular formula is C36H39ClN4O5. The lowest BCUT2D eigenvalue weighted by Crippen LogP contribution is -2.38. The van der Waals surface area contributed by atoms with Crippen LogP contribution >= 0.6 is 11.6 Å². The van der Waals surface area contributed by atoms with E-state index in [2.05, 4.69) is 22.9 Å². The van der Waals surface area contributed by atoms with Gasteiger partial charge in [-0.1, -0.05) is 54.6 Å². The number of aromatic nitrogens is 1. The zero-order chi connectivity index (χ0) is 33.1. The first-order valence-electron chi connectivity index (χ1n) is 15.3. The number of aliphatic carboxylic acids is 1. The van der Waals surface area contributed by atoms with E-state index in [1.54, 1.807) is 27.3 Å². The molecule has 0 radical (unpaired) electrons. The lowest BCUT2D eigenvalue weighted by Gasteiger charge is -2.35. The van der Waals surface area contributed by atoms with Crippen molar-refractivity contribution in [1.82, 2.24) is 14.8 Å². The average Bonchev–Trinajstić information content (AvgIpc) is 3.48. The molecule has 10 heteroatoms. The van der Waals surface area contributed by atoms with Crippen molar-refractivity contribution in [3.63, 3.8) is 0 Å². The number of pyridine rings is 1. The Hall–Kier alpha value is -4.47. The summed E-state index contributed by atoms with van der Waals surface area (Å²) in [6.07, 6.45) is 5.88. The first-order valence-corrected chi connectivity index (χ1v) is 15.7. The fraction of sp³-hybridized carbons (Fsp3) is 0.333. The van der Waals surface area contributed by atoms with Crippen molar-refractivity contribution in [3.05, 3.63) is 88.5 Å². The van der Waals surface area contributed by atoms with E-state index in [9.17, 15) is 19.5 Å². The van der Waals surface area contributed by atoms with Crippen LogP contribution in [-0.4, -0.2) is 72.0 Å². The van der Waals surface area contributed by atoms with Crippen molar-refractivity contribution >= 4 is 35.1 Å². The van der Waals surface area contributed by atoms with Crippen LogP contribution in [-0.2, 0) is 20.8 Å². The van der Waals surface area contributed by atoms with Gasteiger partial charge in [-0.15, -0.1) is 0 Å². The number of nitrogens with one attached hydrogen (secondary N) is 1. The molecule has 1 saturated heterocycles. The van der Waals surface area contributed by atoms with E-state index in [4.69, 9.17) is 21.3 Å². The summed E-state index contributed by atoms with van der Waals surface area (Å²) in [5.41, 5.74) is 6.63. The van der Waals surface area contributed by atoms with Gasteiger partial charge in [0.1, 0.15) is 5.57 Å². The summed E-state index contributed by atoms with van der Waals surface area (Å²) >= 11 is 7.12. The predicted molar refractivity (Wildman–Crippen MR) is 180 cm³/mol. The van der Waals surface area contributed by atoms with Crippen LogP contribution in [0.25, 0.3) is 22.4 Å². The molecular weight excluding hydrogens is 604 g/mol. The summed E-state index contributed by atoms with van der Waals surface area (Å²) in [5, 5.41) is 12.8. The molecule has 1 aliphatic heterocycles. The summed E-state index contributed by atoms with van der Waals surface area (Å²) in [4.78, 5) is 45.8. The van der Waals surface area contributed by atoms with Crippen molar-refractivity contribution in [1.29, 1.82) is 0 Å². The highest BCUT2D eigenvalue weighted by molar-refractivity contribution is 6.36. The van der Waals surface area contributed by atoms with Crippen molar-refractivity contribution in [2.45, 2.75) is 38.6 Å². The second-order valence-corrected chi connectivity index (χ2v) is 12.3. The van der Waals surface area contributed by atoms with Crippen LogP contribution in [0.5, 0.6) is 5.88 Å². The molecule has 0 bridgehead atoms. The molecule has 1 aliphatic carbocycles. The number of aryl methyl sites for hydroxylation is 1. The highest BCUT2D eigenvalue weighted by Gasteiger charge is 2.36. The number of likely N-dealkylation sites (tertiary alicyclic amines) is 1. The quantitative estimate of drug-likeness (QED) is 0.122. The Morgan fingerprint density at radius 3 is 2.41 bits per heavy atom. The number of methoxy groups -OCH3 is 1. The Kier molecular flexibility index (Phi) is 9.94. The summed E-state index contributed by atoms with van der Waals surface area (Å²) < 4.78 is 5.84. The van der Waals surface area contributed by atoms with Gasteiger partial charge in [-0.3, -0.25) is 19.3 Å². The maximum atomic E-state index is 13.1. The van der Waals surface area contributed by atoms with Gasteiger partial charge in [0.2, 0.25) is 5.88 Å². The van der Waals surface area contributed by atoms with Gasteiger partial charge in [-0.25, -0.2) is 4.98 Å². The van der Waals surface area contributed by atoms with Gasteiger partial charge in [0.15, 0.2) is 0 Å². The molecule has 2 amide bonds. The van der Waals surface area contributed by atoms with Crippen LogP contribution in [0, 0.1) is 12.8 Å². The number of rotatable bonds is 9. The third-order valence-corrected chi connectivity index (χ3v) is 9.36. The number of allylic oxidation sites excluding steroid dienone is 2. The van der Waals surface area contributed by atoms with E-state index in [0.29, 0.717) is 35.1 Å². The van der Waals surface area contributed by atoms with E-state index < -0.39 is 17.8 Å². The van der Waals surface area contributed by atoms with E-state index >= 15 is 0 Å². The summed E-state index contributed by atoms with van der Waals surface area (Å²) in [6, 6.07) is 13.6. The van der Waals surface area contributed by atoms with Crippen LogP contribution < -0.4 is 10.1 Å². The molecule has 0 spiro atoms. The Bertz CT molecular complexity index is 1730. The normalized spacial score (nSPS) is 16.9. The number of fused-ring (bicyclic) bond motifs is 1. The van der Waals surface area contributed by atoms with Gasteiger partial charge in [0, 0.05) is 42.5 Å². The number of hydrogen-bond donors (Lipinski definition) is 2. The highest BCUT2D eigenvalue weighted by atomic mass is 35.5.